The van der Waals surface area contributed by atoms with Crippen LogP contribution in [0.3, 0.4) is 0 Å². The van der Waals surface area contributed by atoms with Gasteiger partial charge in [0.1, 0.15) is 4.90 Å². The van der Waals surface area contributed by atoms with Crippen molar-refractivity contribution in [2.45, 2.75) is 29.4 Å². The molecule has 0 amide bonds. The number of nitrogens with two attached hydrogens (primary N) is 1. The van der Waals surface area contributed by atoms with Crippen molar-refractivity contribution < 1.29 is 8.42 Å². The second kappa shape index (κ2) is 10.0. The van der Waals surface area contributed by atoms with Gasteiger partial charge < -0.3 is 5.73 Å². The summed E-state index contributed by atoms with van der Waals surface area (Å²) in [6.07, 6.45) is 0. The summed E-state index contributed by atoms with van der Waals surface area (Å²) in [6.45, 7) is 3.40. The molecule has 0 radical (unpaired) electrons. The molecule has 0 atom stereocenters. The van der Waals surface area contributed by atoms with Gasteiger partial charge in [-0.1, -0.05) is 53.5 Å². The Labute approximate surface area is 216 Å². The van der Waals surface area contributed by atoms with E-state index in [1.807, 2.05) is 12.1 Å². The molecular formula is C24H20Cl2N4O3S2. The second-order valence-corrected chi connectivity index (χ2v) is 11.2. The summed E-state index contributed by atoms with van der Waals surface area (Å²) in [5.74, 6) is -0.0755. The monoisotopic (exact) mass is 546 g/mol. The van der Waals surface area contributed by atoms with E-state index in [4.69, 9.17) is 28.9 Å². The Bertz CT molecular complexity index is 1630. The van der Waals surface area contributed by atoms with Gasteiger partial charge >= 0.3 is 0 Å². The third kappa shape index (κ3) is 5.38. The fourth-order valence-corrected chi connectivity index (χ4v) is 6.23. The van der Waals surface area contributed by atoms with Crippen LogP contribution in [-0.2, 0) is 15.8 Å². The van der Waals surface area contributed by atoms with E-state index in [0.717, 1.165) is 10.2 Å². The van der Waals surface area contributed by atoms with E-state index in [9.17, 15) is 13.2 Å². The highest BCUT2D eigenvalue weighted by molar-refractivity contribution is 7.99. The van der Waals surface area contributed by atoms with Crippen molar-refractivity contribution in [3.8, 4) is 0 Å². The first-order chi connectivity index (χ1) is 16.6. The average Bonchev–Trinajstić information content (AvgIpc) is 2.82. The number of aryl methyl sites for hydroxylation is 2. The number of hydrogen-bond acceptors (Lipinski definition) is 5. The molecule has 4 aromatic rings. The summed E-state index contributed by atoms with van der Waals surface area (Å²) in [6, 6.07) is 17.1. The van der Waals surface area contributed by atoms with Crippen LogP contribution in [0.5, 0.6) is 0 Å². The number of sulfonamides is 1. The lowest BCUT2D eigenvalue weighted by molar-refractivity contribution is 0.595. The van der Waals surface area contributed by atoms with Crippen molar-refractivity contribution in [1.29, 1.82) is 0 Å². The van der Waals surface area contributed by atoms with E-state index in [1.54, 1.807) is 56.3 Å². The Morgan fingerprint density at radius 1 is 1.06 bits per heavy atom. The molecule has 1 heterocycles. The first kappa shape index (κ1) is 25.2. The van der Waals surface area contributed by atoms with Crippen molar-refractivity contribution in [3.05, 3.63) is 97.9 Å². The van der Waals surface area contributed by atoms with Crippen LogP contribution < -0.4 is 11.3 Å². The average molecular weight is 547 g/mol. The largest absolute Gasteiger partial charge is 0.367 e. The lowest BCUT2D eigenvalue weighted by Gasteiger charge is -2.12. The lowest BCUT2D eigenvalue weighted by Crippen LogP contribution is -2.36. The number of fused-ring (bicyclic) bond motifs is 1. The molecule has 0 aliphatic carbocycles. The molecule has 7 nitrogen and oxygen atoms in total. The third-order valence-corrected chi connectivity index (χ3v) is 8.47. The van der Waals surface area contributed by atoms with Crippen LogP contribution in [0.4, 0.5) is 0 Å². The molecule has 0 unspecified atom stereocenters. The zero-order chi connectivity index (χ0) is 25.3. The third-order valence-electron chi connectivity index (χ3n) is 5.23. The highest BCUT2D eigenvalue weighted by Gasteiger charge is 2.22. The quantitative estimate of drug-likeness (QED) is 0.210. The van der Waals surface area contributed by atoms with Crippen LogP contribution in [0, 0.1) is 13.8 Å². The van der Waals surface area contributed by atoms with E-state index >= 15 is 0 Å². The zero-order valence-electron chi connectivity index (χ0n) is 18.7. The van der Waals surface area contributed by atoms with E-state index in [2.05, 4.69) is 9.50 Å². The van der Waals surface area contributed by atoms with Gasteiger partial charge in [0.05, 0.1) is 11.1 Å². The molecule has 0 aliphatic heterocycles. The summed E-state index contributed by atoms with van der Waals surface area (Å²) in [5.41, 5.74) is 7.46. The van der Waals surface area contributed by atoms with Gasteiger partial charge in [0, 0.05) is 26.1 Å². The molecule has 180 valence electrons. The van der Waals surface area contributed by atoms with E-state index in [0.29, 0.717) is 42.7 Å². The molecule has 0 saturated carbocycles. The lowest BCUT2D eigenvalue weighted by atomic mass is 10.1. The topological polar surface area (TPSA) is 107 Å². The maximum atomic E-state index is 13.3. The minimum Gasteiger partial charge on any atom is -0.367 e. The Balaban J connectivity index is 1.76. The number of nitrogens with zero attached hydrogens (tertiary/aromatic N) is 3. The van der Waals surface area contributed by atoms with Crippen LogP contribution in [0.25, 0.3) is 10.8 Å². The zero-order valence-corrected chi connectivity index (χ0v) is 21.8. The Morgan fingerprint density at radius 2 is 1.71 bits per heavy atom. The fraction of sp³-hybridized carbons (Fsp3) is 0.125. The highest BCUT2D eigenvalue weighted by atomic mass is 35.5. The van der Waals surface area contributed by atoms with Gasteiger partial charge in [0.2, 0.25) is 5.96 Å². The van der Waals surface area contributed by atoms with E-state index in [-0.39, 0.29) is 4.90 Å². The van der Waals surface area contributed by atoms with E-state index < -0.39 is 21.5 Å². The predicted octanol–water partition coefficient (Wildman–Crippen LogP) is 5.16. The maximum Gasteiger partial charge on any atom is 0.286 e. The summed E-state index contributed by atoms with van der Waals surface area (Å²) in [4.78, 5) is 13.2. The Kier molecular flexibility index (Phi) is 7.23. The Morgan fingerprint density at radius 3 is 2.40 bits per heavy atom. The molecule has 3 aromatic carbocycles. The fourth-order valence-electron chi connectivity index (χ4n) is 3.41. The molecule has 0 spiro atoms. The second-order valence-electron chi connectivity index (χ2n) is 7.74. The molecule has 4 rings (SSSR count). The minimum atomic E-state index is -4.31. The first-order valence-corrected chi connectivity index (χ1v) is 13.5. The normalized spacial score (nSPS) is 12.3. The van der Waals surface area contributed by atoms with Gasteiger partial charge in [-0.25, -0.2) is 0 Å². The Hall–Kier alpha value is -2.85. The van der Waals surface area contributed by atoms with Crippen molar-refractivity contribution in [2.24, 2.45) is 10.1 Å². The van der Waals surface area contributed by atoms with E-state index in [1.165, 1.54) is 17.8 Å². The molecule has 0 aliphatic rings. The van der Waals surface area contributed by atoms with Crippen LogP contribution >= 0.6 is 35.0 Å². The number of rotatable bonds is 5. The van der Waals surface area contributed by atoms with Gasteiger partial charge in [-0.3, -0.25) is 4.79 Å². The summed E-state index contributed by atoms with van der Waals surface area (Å²) >= 11 is 13.5. The number of hydrogen-bond donors (Lipinski definition) is 1. The minimum absolute atomic E-state index is 0.0631. The summed E-state index contributed by atoms with van der Waals surface area (Å²) in [5, 5.41) is 6.20. The number of aromatic nitrogens is 2. The number of benzene rings is 3. The van der Waals surface area contributed by atoms with Gasteiger partial charge in [0.25, 0.3) is 15.6 Å². The van der Waals surface area contributed by atoms with Crippen molar-refractivity contribution in [3.63, 3.8) is 0 Å². The van der Waals surface area contributed by atoms with Gasteiger partial charge in [0.15, 0.2) is 0 Å². The van der Waals surface area contributed by atoms with Crippen molar-refractivity contribution in [2.75, 3.05) is 0 Å². The van der Waals surface area contributed by atoms with Crippen LogP contribution in [0.1, 0.15) is 16.8 Å². The molecule has 0 fully saturated rings. The predicted molar refractivity (Wildman–Crippen MR) is 142 cm³/mol. The maximum absolute atomic E-state index is 13.3. The number of thioether (sulfide) groups is 1. The SMILES string of the molecule is Cc1cc(S(=O)(=O)/N=C(\N)n2nc(C)c3ccccc3c2=O)c(SCc2ccc(Cl)cc2)cc1Cl. The van der Waals surface area contributed by atoms with Crippen molar-refractivity contribution >= 4 is 61.7 Å². The molecular weight excluding hydrogens is 527 g/mol. The van der Waals surface area contributed by atoms with Gasteiger partial charge in [-0.2, -0.15) is 18.2 Å². The smallest absolute Gasteiger partial charge is 0.286 e. The molecule has 0 saturated heterocycles. The van der Waals surface area contributed by atoms with Gasteiger partial charge in [-0.05, 0) is 55.3 Å². The molecule has 1 aromatic heterocycles. The standard InChI is InChI=1S/C24H20Cl2N4O3S2/c1-14-11-22(21(12-20(14)26)34-13-16-7-9-17(25)10-8-16)35(32,33)29-24(27)30-23(31)19-6-4-3-5-18(19)15(2)28-30/h3-12H,13H2,1-2H3,(H2,27,29). The van der Waals surface area contributed by atoms with Crippen molar-refractivity contribution in [1.82, 2.24) is 9.78 Å². The van der Waals surface area contributed by atoms with Gasteiger partial charge in [-0.15, -0.1) is 16.2 Å². The van der Waals surface area contributed by atoms with Crippen LogP contribution in [-0.4, -0.2) is 24.2 Å². The van der Waals surface area contributed by atoms with Crippen LogP contribution in [0.15, 0.2) is 79.6 Å². The first-order valence-electron chi connectivity index (χ1n) is 10.3. The molecule has 11 heteroatoms. The number of halogens is 2. The van der Waals surface area contributed by atoms with Crippen LogP contribution in [0.2, 0.25) is 10.0 Å². The molecule has 2 N–H and O–H groups in total. The molecule has 0 bridgehead atoms. The highest BCUT2D eigenvalue weighted by Crippen LogP contribution is 2.34. The summed E-state index contributed by atoms with van der Waals surface area (Å²) < 4.78 is 31.2. The molecule has 35 heavy (non-hydrogen) atoms. The summed E-state index contributed by atoms with van der Waals surface area (Å²) in [7, 11) is -4.31.